The summed E-state index contributed by atoms with van der Waals surface area (Å²) in [7, 11) is 1.53. The van der Waals surface area contributed by atoms with Gasteiger partial charge in [-0.15, -0.1) is 0 Å². The van der Waals surface area contributed by atoms with Gasteiger partial charge in [0, 0.05) is 42.9 Å². The first-order valence-corrected chi connectivity index (χ1v) is 8.86. The van der Waals surface area contributed by atoms with Gasteiger partial charge in [0.25, 0.3) is 0 Å². The maximum absolute atomic E-state index is 11.9. The molecule has 6 heteroatoms. The first kappa shape index (κ1) is 18.9. The second-order valence-electron chi connectivity index (χ2n) is 6.23. The summed E-state index contributed by atoms with van der Waals surface area (Å²) < 4.78 is 16.2. The zero-order valence-corrected chi connectivity index (χ0v) is 15.6. The minimum atomic E-state index is -0.401. The summed E-state index contributed by atoms with van der Waals surface area (Å²) in [6.45, 7) is 4.08. The highest BCUT2D eigenvalue weighted by molar-refractivity contribution is 5.93. The summed E-state index contributed by atoms with van der Waals surface area (Å²) in [6.07, 6.45) is 0.757. The molecule has 27 heavy (non-hydrogen) atoms. The fourth-order valence-corrected chi connectivity index (χ4v) is 3.31. The summed E-state index contributed by atoms with van der Waals surface area (Å²) in [5.74, 6) is 0.0647. The Hall–Kier alpha value is -2.86. The summed E-state index contributed by atoms with van der Waals surface area (Å²) in [6, 6.07) is 11.7. The lowest BCUT2D eigenvalue weighted by atomic mass is 9.92. The third-order valence-corrected chi connectivity index (χ3v) is 4.59. The summed E-state index contributed by atoms with van der Waals surface area (Å²) in [5.41, 5.74) is 3.81. The van der Waals surface area contributed by atoms with Crippen molar-refractivity contribution < 1.29 is 23.8 Å². The molecular weight excluding hydrogens is 346 g/mol. The molecule has 0 saturated carbocycles. The highest BCUT2D eigenvalue weighted by Gasteiger charge is 2.24. The number of carbonyl (C=O) groups is 2. The van der Waals surface area contributed by atoms with Crippen LogP contribution in [0.5, 0.6) is 5.75 Å². The Labute approximate surface area is 158 Å². The van der Waals surface area contributed by atoms with E-state index in [-0.39, 0.29) is 6.61 Å². The van der Waals surface area contributed by atoms with E-state index in [1.165, 1.54) is 14.0 Å². The predicted octanol–water partition coefficient (Wildman–Crippen LogP) is 3.07. The molecule has 1 saturated heterocycles. The van der Waals surface area contributed by atoms with E-state index in [0.717, 1.165) is 36.2 Å². The van der Waals surface area contributed by atoms with E-state index in [9.17, 15) is 9.59 Å². The number of methoxy groups -OCH3 is 1. The fraction of sp³-hybridized carbons (Fsp3) is 0.333. The van der Waals surface area contributed by atoms with Crippen LogP contribution in [0.2, 0.25) is 0 Å². The van der Waals surface area contributed by atoms with Gasteiger partial charge in [0.05, 0.1) is 25.9 Å². The number of nitrogens with zero attached hydrogens (tertiary/aromatic N) is 1. The van der Waals surface area contributed by atoms with Crippen LogP contribution in [-0.4, -0.2) is 45.7 Å². The topological polar surface area (TPSA) is 65.1 Å². The number of esters is 1. The lowest BCUT2D eigenvalue weighted by Crippen LogP contribution is -2.36. The van der Waals surface area contributed by atoms with E-state index in [0.29, 0.717) is 30.1 Å². The van der Waals surface area contributed by atoms with Crippen LogP contribution in [0.3, 0.4) is 0 Å². The van der Waals surface area contributed by atoms with Gasteiger partial charge in [0.15, 0.2) is 6.29 Å². The molecule has 1 fully saturated rings. The molecule has 142 valence electrons. The molecule has 6 nitrogen and oxygen atoms in total. The normalized spacial score (nSPS) is 13.9. The molecule has 2 aromatic carbocycles. The van der Waals surface area contributed by atoms with Crippen LogP contribution in [0, 0.1) is 0 Å². The average molecular weight is 369 g/mol. The van der Waals surface area contributed by atoms with Gasteiger partial charge < -0.3 is 19.1 Å². The van der Waals surface area contributed by atoms with Crippen molar-refractivity contribution in [1.82, 2.24) is 0 Å². The van der Waals surface area contributed by atoms with Crippen LogP contribution in [0.1, 0.15) is 22.8 Å². The Morgan fingerprint density at radius 2 is 1.93 bits per heavy atom. The van der Waals surface area contributed by atoms with Crippen LogP contribution >= 0.6 is 0 Å². The highest BCUT2D eigenvalue weighted by atomic mass is 16.5. The third-order valence-electron chi connectivity index (χ3n) is 4.59. The molecule has 0 unspecified atom stereocenters. The van der Waals surface area contributed by atoms with E-state index in [2.05, 4.69) is 4.90 Å². The first-order chi connectivity index (χ1) is 13.2. The van der Waals surface area contributed by atoms with E-state index >= 15 is 0 Å². The molecule has 2 aromatic rings. The summed E-state index contributed by atoms with van der Waals surface area (Å²) in [4.78, 5) is 25.5. The van der Waals surface area contributed by atoms with Gasteiger partial charge >= 0.3 is 5.97 Å². The van der Waals surface area contributed by atoms with E-state index in [1.807, 2.05) is 36.4 Å². The number of hydrogen-bond acceptors (Lipinski definition) is 6. The quantitative estimate of drug-likeness (QED) is 0.576. The van der Waals surface area contributed by atoms with Gasteiger partial charge in [-0.25, -0.2) is 0 Å². The molecule has 0 aliphatic carbocycles. The average Bonchev–Trinajstić information content (AvgIpc) is 2.72. The Bertz CT molecular complexity index is 813. The molecule has 0 bridgehead atoms. The number of rotatable bonds is 6. The van der Waals surface area contributed by atoms with Gasteiger partial charge in [-0.3, -0.25) is 9.59 Å². The molecular formula is C21H23NO5. The second kappa shape index (κ2) is 8.68. The van der Waals surface area contributed by atoms with Crippen molar-refractivity contribution in [2.24, 2.45) is 0 Å². The molecule has 1 aliphatic heterocycles. The van der Waals surface area contributed by atoms with E-state index < -0.39 is 5.97 Å². The van der Waals surface area contributed by atoms with Crippen molar-refractivity contribution in [3.8, 4) is 16.9 Å². The van der Waals surface area contributed by atoms with Gasteiger partial charge in [-0.05, 0) is 5.56 Å². The number of ether oxygens (including phenoxy) is 3. The Kier molecular flexibility index (Phi) is 6.08. The third kappa shape index (κ3) is 4.11. The van der Waals surface area contributed by atoms with Crippen LogP contribution < -0.4 is 9.64 Å². The lowest BCUT2D eigenvalue weighted by molar-refractivity contribution is -0.142. The van der Waals surface area contributed by atoms with Crippen LogP contribution in [0.25, 0.3) is 11.1 Å². The van der Waals surface area contributed by atoms with Gasteiger partial charge in [0.1, 0.15) is 12.4 Å². The van der Waals surface area contributed by atoms with Crippen molar-refractivity contribution in [3.63, 3.8) is 0 Å². The number of aldehydes is 1. The van der Waals surface area contributed by atoms with Crippen LogP contribution in [-0.2, 0) is 20.9 Å². The summed E-state index contributed by atoms with van der Waals surface area (Å²) in [5, 5.41) is 0. The molecule has 0 aromatic heterocycles. The molecule has 1 heterocycles. The first-order valence-electron chi connectivity index (χ1n) is 8.86. The molecule has 0 N–H and O–H groups in total. The van der Waals surface area contributed by atoms with Gasteiger partial charge in [0.2, 0.25) is 0 Å². The molecule has 0 spiro atoms. The van der Waals surface area contributed by atoms with E-state index in [1.54, 1.807) is 0 Å². The number of hydrogen-bond donors (Lipinski definition) is 0. The smallest absolute Gasteiger partial charge is 0.302 e. The molecule has 0 amide bonds. The maximum atomic E-state index is 11.9. The molecule has 0 atom stereocenters. The minimum absolute atomic E-state index is 0.00216. The van der Waals surface area contributed by atoms with Crippen molar-refractivity contribution >= 4 is 17.9 Å². The van der Waals surface area contributed by atoms with Crippen molar-refractivity contribution in [1.29, 1.82) is 0 Å². The zero-order chi connectivity index (χ0) is 19.2. The molecule has 1 aliphatic rings. The van der Waals surface area contributed by atoms with Crippen molar-refractivity contribution in [3.05, 3.63) is 47.5 Å². The Balaban J connectivity index is 2.25. The predicted molar refractivity (Wildman–Crippen MR) is 102 cm³/mol. The zero-order valence-electron chi connectivity index (χ0n) is 15.6. The highest BCUT2D eigenvalue weighted by Crippen LogP contribution is 2.41. The number of benzene rings is 2. The second-order valence-corrected chi connectivity index (χ2v) is 6.23. The van der Waals surface area contributed by atoms with Gasteiger partial charge in [-0.1, -0.05) is 30.3 Å². The number of morpholine rings is 1. The minimum Gasteiger partial charge on any atom is -0.496 e. The van der Waals surface area contributed by atoms with Crippen molar-refractivity contribution in [2.45, 2.75) is 13.5 Å². The largest absolute Gasteiger partial charge is 0.496 e. The monoisotopic (exact) mass is 369 g/mol. The SMILES string of the molecule is COc1cc(N2CCOCC2)c(-c2ccccc2)c(COC(C)=O)c1C=O. The standard InChI is InChI=1S/C21H23NO5/c1-15(24)27-14-18-17(13-23)20(25-2)12-19(22-8-10-26-11-9-22)21(18)16-6-4-3-5-7-16/h3-7,12-13H,8-11,14H2,1-2H3. The number of anilines is 1. The van der Waals surface area contributed by atoms with Gasteiger partial charge in [-0.2, -0.15) is 0 Å². The molecule has 3 rings (SSSR count). The van der Waals surface area contributed by atoms with Crippen molar-refractivity contribution in [2.75, 3.05) is 38.3 Å². The van der Waals surface area contributed by atoms with Crippen LogP contribution in [0.15, 0.2) is 36.4 Å². The number of carbonyl (C=O) groups excluding carboxylic acids is 2. The maximum Gasteiger partial charge on any atom is 0.302 e. The Morgan fingerprint density at radius 1 is 1.22 bits per heavy atom. The fourth-order valence-electron chi connectivity index (χ4n) is 3.31. The lowest BCUT2D eigenvalue weighted by Gasteiger charge is -2.32. The van der Waals surface area contributed by atoms with Crippen LogP contribution in [0.4, 0.5) is 5.69 Å². The van der Waals surface area contributed by atoms with E-state index in [4.69, 9.17) is 14.2 Å². The Morgan fingerprint density at radius 3 is 2.52 bits per heavy atom. The summed E-state index contributed by atoms with van der Waals surface area (Å²) >= 11 is 0. The molecule has 0 radical (unpaired) electrons.